The summed E-state index contributed by atoms with van der Waals surface area (Å²) in [4.78, 5) is 13.8. The number of rotatable bonds is 6. The monoisotopic (exact) mass is 314 g/mol. The van der Waals surface area contributed by atoms with Gasteiger partial charge in [0.2, 0.25) is 0 Å². The van der Waals surface area contributed by atoms with Gasteiger partial charge in [-0.1, -0.05) is 42.5 Å². The summed E-state index contributed by atoms with van der Waals surface area (Å²) in [6.45, 7) is 0.298. The molecule has 0 saturated heterocycles. The number of aliphatic hydroxyl groups is 1. The molecule has 0 aliphatic carbocycles. The lowest BCUT2D eigenvalue weighted by Crippen LogP contribution is -2.40. The molecule has 0 aromatic heterocycles. The van der Waals surface area contributed by atoms with Gasteiger partial charge in [0.05, 0.1) is 19.8 Å². The molecule has 122 valence electrons. The van der Waals surface area contributed by atoms with Crippen molar-refractivity contribution in [1.29, 1.82) is 0 Å². The number of benzene rings is 2. The third kappa shape index (κ3) is 4.47. The standard InChI is InChI=1S/C18H22N2O3/c1-20(18(22)19-12-14-6-4-3-5-7-14)17(13-21)15-8-10-16(23-2)11-9-15/h3-11,17,21H,12-13H2,1-2H3,(H,19,22). The van der Waals surface area contributed by atoms with Crippen LogP contribution in [0.5, 0.6) is 5.75 Å². The first-order chi connectivity index (χ1) is 11.2. The van der Waals surface area contributed by atoms with Gasteiger partial charge in [0, 0.05) is 13.6 Å². The number of carbonyl (C=O) groups excluding carboxylic acids is 1. The molecule has 0 aliphatic rings. The highest BCUT2D eigenvalue weighted by molar-refractivity contribution is 5.74. The molecule has 1 atom stereocenters. The first-order valence-electron chi connectivity index (χ1n) is 7.45. The largest absolute Gasteiger partial charge is 0.497 e. The van der Waals surface area contributed by atoms with Crippen molar-refractivity contribution >= 4 is 6.03 Å². The fourth-order valence-corrected chi connectivity index (χ4v) is 2.32. The maximum atomic E-state index is 12.3. The van der Waals surface area contributed by atoms with Crippen molar-refractivity contribution in [3.8, 4) is 5.75 Å². The molecule has 2 aromatic rings. The molecule has 5 nitrogen and oxygen atoms in total. The Hall–Kier alpha value is -2.53. The summed E-state index contributed by atoms with van der Waals surface area (Å²) in [5.74, 6) is 0.738. The van der Waals surface area contributed by atoms with Gasteiger partial charge in [0.25, 0.3) is 0 Å². The molecule has 0 heterocycles. The normalized spacial score (nSPS) is 11.6. The number of methoxy groups -OCH3 is 1. The molecule has 2 amide bonds. The van der Waals surface area contributed by atoms with Crippen LogP contribution in [0.3, 0.4) is 0 Å². The minimum Gasteiger partial charge on any atom is -0.497 e. The van der Waals surface area contributed by atoms with Crippen molar-refractivity contribution < 1.29 is 14.6 Å². The molecule has 0 spiro atoms. The maximum Gasteiger partial charge on any atom is 0.318 e. The van der Waals surface area contributed by atoms with E-state index in [4.69, 9.17) is 4.74 Å². The summed E-state index contributed by atoms with van der Waals surface area (Å²) in [5.41, 5.74) is 1.88. The van der Waals surface area contributed by atoms with E-state index in [1.165, 1.54) is 4.90 Å². The second-order valence-electron chi connectivity index (χ2n) is 5.23. The molecule has 2 aromatic carbocycles. The second-order valence-corrected chi connectivity index (χ2v) is 5.23. The van der Waals surface area contributed by atoms with E-state index in [-0.39, 0.29) is 12.6 Å². The van der Waals surface area contributed by atoms with Crippen LogP contribution >= 0.6 is 0 Å². The number of hydrogen-bond acceptors (Lipinski definition) is 3. The number of hydrogen-bond donors (Lipinski definition) is 2. The van der Waals surface area contributed by atoms with Crippen molar-refractivity contribution in [2.24, 2.45) is 0 Å². The number of aliphatic hydroxyl groups excluding tert-OH is 1. The quantitative estimate of drug-likeness (QED) is 0.861. The van der Waals surface area contributed by atoms with Crippen molar-refractivity contribution in [2.75, 3.05) is 20.8 Å². The van der Waals surface area contributed by atoms with Gasteiger partial charge in [0.15, 0.2) is 0 Å². The lowest BCUT2D eigenvalue weighted by atomic mass is 10.1. The number of urea groups is 1. The molecule has 0 saturated carbocycles. The van der Waals surface area contributed by atoms with Gasteiger partial charge < -0.3 is 20.1 Å². The first-order valence-corrected chi connectivity index (χ1v) is 7.45. The Labute approximate surface area is 136 Å². The predicted molar refractivity (Wildman–Crippen MR) is 89.3 cm³/mol. The SMILES string of the molecule is COc1ccc(C(CO)N(C)C(=O)NCc2ccccc2)cc1. The molecule has 2 rings (SSSR count). The molecule has 0 aliphatic heterocycles. The van der Waals surface area contributed by atoms with Crippen molar-refractivity contribution in [3.05, 3.63) is 65.7 Å². The van der Waals surface area contributed by atoms with Gasteiger partial charge in [-0.3, -0.25) is 0 Å². The van der Waals surface area contributed by atoms with Crippen LogP contribution < -0.4 is 10.1 Å². The topological polar surface area (TPSA) is 61.8 Å². The lowest BCUT2D eigenvalue weighted by Gasteiger charge is -2.27. The van der Waals surface area contributed by atoms with Crippen molar-refractivity contribution in [3.63, 3.8) is 0 Å². The van der Waals surface area contributed by atoms with Gasteiger partial charge in [-0.15, -0.1) is 0 Å². The van der Waals surface area contributed by atoms with Gasteiger partial charge in [0.1, 0.15) is 5.75 Å². The Balaban J connectivity index is 2.00. The zero-order chi connectivity index (χ0) is 16.7. The van der Waals surface area contributed by atoms with E-state index in [0.29, 0.717) is 6.54 Å². The number of amides is 2. The van der Waals surface area contributed by atoms with E-state index < -0.39 is 6.04 Å². The predicted octanol–water partition coefficient (Wildman–Crippen LogP) is 2.57. The van der Waals surface area contributed by atoms with Gasteiger partial charge in [-0.25, -0.2) is 4.79 Å². The molecule has 1 unspecified atom stereocenters. The molecule has 0 bridgehead atoms. The summed E-state index contributed by atoms with van der Waals surface area (Å²) >= 11 is 0. The molecular weight excluding hydrogens is 292 g/mol. The van der Waals surface area contributed by atoms with E-state index in [9.17, 15) is 9.90 Å². The van der Waals surface area contributed by atoms with Crippen LogP contribution in [0.15, 0.2) is 54.6 Å². The van der Waals surface area contributed by atoms with E-state index in [1.54, 1.807) is 14.2 Å². The van der Waals surface area contributed by atoms with Crippen LogP contribution in [-0.4, -0.2) is 36.8 Å². The fraction of sp³-hybridized carbons (Fsp3) is 0.278. The van der Waals surface area contributed by atoms with Crippen molar-refractivity contribution in [2.45, 2.75) is 12.6 Å². The molecule has 5 heteroatoms. The lowest BCUT2D eigenvalue weighted by molar-refractivity contribution is 0.149. The van der Waals surface area contributed by atoms with Crippen molar-refractivity contribution in [1.82, 2.24) is 10.2 Å². The van der Waals surface area contributed by atoms with E-state index in [1.807, 2.05) is 54.6 Å². The number of nitrogens with zero attached hydrogens (tertiary/aromatic N) is 1. The number of nitrogens with one attached hydrogen (secondary N) is 1. The minimum absolute atomic E-state index is 0.151. The van der Waals surface area contributed by atoms with Crippen LogP contribution in [0, 0.1) is 0 Å². The summed E-state index contributed by atoms with van der Waals surface area (Å²) < 4.78 is 5.12. The highest BCUT2D eigenvalue weighted by Gasteiger charge is 2.20. The summed E-state index contributed by atoms with van der Waals surface area (Å²) in [6, 6.07) is 16.4. The molecule has 23 heavy (non-hydrogen) atoms. The summed E-state index contributed by atoms with van der Waals surface area (Å²) in [5, 5.41) is 12.5. The average Bonchev–Trinajstić information content (AvgIpc) is 2.61. The molecular formula is C18H22N2O3. The Morgan fingerprint density at radius 3 is 2.39 bits per heavy atom. The first kappa shape index (κ1) is 16.8. The van der Waals surface area contributed by atoms with Crippen LogP contribution in [0.4, 0.5) is 4.79 Å². The molecule has 2 N–H and O–H groups in total. The zero-order valence-electron chi connectivity index (χ0n) is 13.4. The van der Waals surface area contributed by atoms with Crippen LogP contribution in [0.25, 0.3) is 0 Å². The summed E-state index contributed by atoms with van der Waals surface area (Å²) in [7, 11) is 3.27. The Morgan fingerprint density at radius 2 is 1.83 bits per heavy atom. The third-order valence-electron chi connectivity index (χ3n) is 3.75. The smallest absolute Gasteiger partial charge is 0.318 e. The number of carbonyl (C=O) groups is 1. The van der Waals surface area contributed by atoms with Gasteiger partial charge in [-0.05, 0) is 23.3 Å². The second kappa shape index (κ2) is 8.19. The summed E-state index contributed by atoms with van der Waals surface area (Å²) in [6.07, 6.45) is 0. The average molecular weight is 314 g/mol. The van der Waals surface area contributed by atoms with E-state index >= 15 is 0 Å². The highest BCUT2D eigenvalue weighted by atomic mass is 16.5. The highest BCUT2D eigenvalue weighted by Crippen LogP contribution is 2.21. The maximum absolute atomic E-state index is 12.3. The van der Waals surface area contributed by atoms with Crippen LogP contribution in [-0.2, 0) is 6.54 Å². The minimum atomic E-state index is -0.406. The number of ether oxygens (including phenoxy) is 1. The zero-order valence-corrected chi connectivity index (χ0v) is 13.4. The van der Waals surface area contributed by atoms with Gasteiger partial charge in [-0.2, -0.15) is 0 Å². The number of likely N-dealkylation sites (N-methyl/N-ethyl adjacent to an activating group) is 1. The molecule has 0 fully saturated rings. The van der Waals surface area contributed by atoms with E-state index in [2.05, 4.69) is 5.32 Å². The third-order valence-corrected chi connectivity index (χ3v) is 3.75. The van der Waals surface area contributed by atoms with E-state index in [0.717, 1.165) is 16.9 Å². The Morgan fingerprint density at radius 1 is 1.17 bits per heavy atom. The Kier molecular flexibility index (Phi) is 6.00. The molecule has 0 radical (unpaired) electrons. The fourth-order valence-electron chi connectivity index (χ4n) is 2.32. The van der Waals surface area contributed by atoms with Crippen LogP contribution in [0.2, 0.25) is 0 Å². The van der Waals surface area contributed by atoms with Crippen LogP contribution in [0.1, 0.15) is 17.2 Å². The van der Waals surface area contributed by atoms with Gasteiger partial charge >= 0.3 is 6.03 Å². The Bertz CT molecular complexity index is 614.